The molecular formula is C17H16ClNO2S. The lowest BCUT2D eigenvalue weighted by Crippen LogP contribution is -2.26. The number of ether oxygens (including phenoxy) is 1. The van der Waals surface area contributed by atoms with E-state index in [9.17, 15) is 4.79 Å². The van der Waals surface area contributed by atoms with Gasteiger partial charge in [-0.15, -0.1) is 11.3 Å². The molecule has 3 aromatic rings. The minimum atomic E-state index is -0.539. The summed E-state index contributed by atoms with van der Waals surface area (Å²) in [5, 5.41) is 2.92. The van der Waals surface area contributed by atoms with Gasteiger partial charge < -0.3 is 4.74 Å². The largest absolute Gasteiger partial charge is 0.443 e. The molecule has 0 radical (unpaired) electrons. The van der Waals surface area contributed by atoms with Gasteiger partial charge in [0, 0.05) is 22.7 Å². The van der Waals surface area contributed by atoms with Crippen LogP contribution in [0, 0.1) is 0 Å². The first-order chi connectivity index (χ1) is 10.4. The fourth-order valence-electron chi connectivity index (χ4n) is 2.34. The van der Waals surface area contributed by atoms with Crippen LogP contribution in [0.3, 0.4) is 0 Å². The van der Waals surface area contributed by atoms with Gasteiger partial charge in [0.2, 0.25) is 0 Å². The second kappa shape index (κ2) is 5.45. The van der Waals surface area contributed by atoms with Crippen LogP contribution in [0.1, 0.15) is 20.8 Å². The minimum absolute atomic E-state index is 0.388. The fourth-order valence-corrected chi connectivity index (χ4v) is 3.29. The topological polar surface area (TPSA) is 31.2 Å². The molecule has 0 N–H and O–H groups in total. The van der Waals surface area contributed by atoms with Crippen molar-refractivity contribution in [1.29, 1.82) is 0 Å². The fraction of sp³-hybridized carbons (Fsp3) is 0.235. The number of halogens is 1. The van der Waals surface area contributed by atoms with Crippen molar-refractivity contribution in [3.8, 4) is 11.1 Å². The number of para-hydroxylation sites is 1. The smallest absolute Gasteiger partial charge is 0.419 e. The lowest BCUT2D eigenvalue weighted by atomic mass is 10.1. The molecule has 2 aromatic heterocycles. The Hall–Kier alpha value is -1.78. The number of hydrogen-bond acceptors (Lipinski definition) is 3. The summed E-state index contributed by atoms with van der Waals surface area (Å²) in [4.78, 5) is 12.5. The first kappa shape index (κ1) is 15.1. The zero-order valence-electron chi connectivity index (χ0n) is 12.6. The van der Waals surface area contributed by atoms with Crippen LogP contribution in [-0.2, 0) is 4.74 Å². The van der Waals surface area contributed by atoms with E-state index in [1.165, 1.54) is 11.3 Å². The van der Waals surface area contributed by atoms with E-state index >= 15 is 0 Å². The summed E-state index contributed by atoms with van der Waals surface area (Å²) in [6, 6.07) is 9.71. The molecule has 0 saturated heterocycles. The van der Waals surface area contributed by atoms with E-state index < -0.39 is 5.60 Å². The summed E-state index contributed by atoms with van der Waals surface area (Å²) >= 11 is 7.74. The number of fused-ring (bicyclic) bond motifs is 1. The highest BCUT2D eigenvalue weighted by Gasteiger charge is 2.21. The highest BCUT2D eigenvalue weighted by molar-refractivity contribution is 7.15. The second-order valence-electron chi connectivity index (χ2n) is 6.02. The Morgan fingerprint density at radius 1 is 1.18 bits per heavy atom. The summed E-state index contributed by atoms with van der Waals surface area (Å²) in [5.74, 6) is 0. The van der Waals surface area contributed by atoms with Gasteiger partial charge in [-0.3, -0.25) is 4.57 Å². The summed E-state index contributed by atoms with van der Waals surface area (Å²) in [5.41, 5.74) is 2.15. The first-order valence-corrected chi connectivity index (χ1v) is 8.19. The van der Waals surface area contributed by atoms with Crippen molar-refractivity contribution >= 4 is 39.9 Å². The summed E-state index contributed by atoms with van der Waals surface area (Å²) < 4.78 is 7.75. The summed E-state index contributed by atoms with van der Waals surface area (Å²) in [7, 11) is 0. The van der Waals surface area contributed by atoms with E-state index in [4.69, 9.17) is 16.3 Å². The molecule has 0 amide bonds. The zero-order chi connectivity index (χ0) is 15.9. The van der Waals surface area contributed by atoms with E-state index in [2.05, 4.69) is 0 Å². The normalized spacial score (nSPS) is 11.8. The Kier molecular flexibility index (Phi) is 3.75. The van der Waals surface area contributed by atoms with E-state index in [-0.39, 0.29) is 6.09 Å². The third kappa shape index (κ3) is 2.76. The van der Waals surface area contributed by atoms with Gasteiger partial charge in [0.15, 0.2) is 0 Å². The molecule has 0 saturated carbocycles. The van der Waals surface area contributed by atoms with Crippen LogP contribution in [-0.4, -0.2) is 16.3 Å². The molecule has 2 heterocycles. The molecule has 0 bridgehead atoms. The maximum absolute atomic E-state index is 12.5. The molecular weight excluding hydrogens is 318 g/mol. The molecule has 0 atom stereocenters. The van der Waals surface area contributed by atoms with Gasteiger partial charge in [0.05, 0.1) is 5.52 Å². The Labute approximate surface area is 138 Å². The van der Waals surface area contributed by atoms with Crippen molar-refractivity contribution < 1.29 is 9.53 Å². The quantitative estimate of drug-likeness (QED) is 0.563. The number of carbonyl (C=O) groups is 1. The van der Waals surface area contributed by atoms with E-state index in [1.807, 2.05) is 56.5 Å². The van der Waals surface area contributed by atoms with Crippen molar-refractivity contribution in [3.05, 3.63) is 46.2 Å². The number of benzene rings is 1. The molecule has 114 valence electrons. The zero-order valence-corrected chi connectivity index (χ0v) is 14.2. The molecule has 1 aromatic carbocycles. The number of nitrogens with zero attached hydrogens (tertiary/aromatic N) is 1. The van der Waals surface area contributed by atoms with Crippen molar-refractivity contribution in [2.45, 2.75) is 26.4 Å². The first-order valence-electron chi connectivity index (χ1n) is 6.93. The summed E-state index contributed by atoms with van der Waals surface area (Å²) in [6.07, 6.45) is 1.41. The lowest BCUT2D eigenvalue weighted by molar-refractivity contribution is 0.0544. The molecule has 0 unspecified atom stereocenters. The SMILES string of the molecule is CC(C)(C)OC(=O)n1cc(-c2ccsc2Cl)c2ccccc21. The van der Waals surface area contributed by atoms with E-state index in [1.54, 1.807) is 10.8 Å². The van der Waals surface area contributed by atoms with Crippen LogP contribution in [0.15, 0.2) is 41.9 Å². The lowest BCUT2D eigenvalue weighted by Gasteiger charge is -2.19. The standard InChI is InChI=1S/C17H16ClNO2S/c1-17(2,3)21-16(20)19-10-13(12-8-9-22-15(12)18)11-6-4-5-7-14(11)19/h4-10H,1-3H3. The van der Waals surface area contributed by atoms with Gasteiger partial charge in [-0.25, -0.2) is 4.79 Å². The van der Waals surface area contributed by atoms with Crippen molar-refractivity contribution in [2.24, 2.45) is 0 Å². The van der Waals surface area contributed by atoms with Gasteiger partial charge >= 0.3 is 6.09 Å². The van der Waals surface area contributed by atoms with E-state index in [0.29, 0.717) is 4.34 Å². The molecule has 0 aliphatic rings. The average Bonchev–Trinajstić information content (AvgIpc) is 3.00. The molecule has 0 fully saturated rings. The number of rotatable bonds is 1. The van der Waals surface area contributed by atoms with Gasteiger partial charge in [-0.1, -0.05) is 29.8 Å². The number of carbonyl (C=O) groups excluding carboxylic acids is 1. The molecule has 3 nitrogen and oxygen atoms in total. The van der Waals surface area contributed by atoms with Crippen LogP contribution in [0.2, 0.25) is 4.34 Å². The Morgan fingerprint density at radius 3 is 2.55 bits per heavy atom. The van der Waals surface area contributed by atoms with Crippen LogP contribution in [0.25, 0.3) is 22.0 Å². The van der Waals surface area contributed by atoms with Crippen LogP contribution in [0.5, 0.6) is 0 Å². The van der Waals surface area contributed by atoms with Gasteiger partial charge in [0.25, 0.3) is 0 Å². The van der Waals surface area contributed by atoms with Gasteiger partial charge in [-0.2, -0.15) is 0 Å². The number of aromatic nitrogens is 1. The van der Waals surface area contributed by atoms with Crippen LogP contribution < -0.4 is 0 Å². The number of hydrogen-bond donors (Lipinski definition) is 0. The van der Waals surface area contributed by atoms with E-state index in [0.717, 1.165) is 22.0 Å². The molecule has 22 heavy (non-hydrogen) atoms. The summed E-state index contributed by atoms with van der Waals surface area (Å²) in [6.45, 7) is 5.56. The van der Waals surface area contributed by atoms with Gasteiger partial charge in [0.1, 0.15) is 9.94 Å². The highest BCUT2D eigenvalue weighted by atomic mass is 35.5. The van der Waals surface area contributed by atoms with Crippen LogP contribution >= 0.6 is 22.9 Å². The van der Waals surface area contributed by atoms with Gasteiger partial charge in [-0.05, 0) is 38.3 Å². The third-order valence-electron chi connectivity index (χ3n) is 3.21. The highest BCUT2D eigenvalue weighted by Crippen LogP contribution is 2.38. The maximum Gasteiger partial charge on any atom is 0.419 e. The Balaban J connectivity index is 2.17. The molecule has 0 spiro atoms. The van der Waals surface area contributed by atoms with Crippen molar-refractivity contribution in [3.63, 3.8) is 0 Å². The third-order valence-corrected chi connectivity index (χ3v) is 4.38. The Morgan fingerprint density at radius 2 is 1.91 bits per heavy atom. The monoisotopic (exact) mass is 333 g/mol. The number of thiophene rings is 1. The predicted molar refractivity (Wildman–Crippen MR) is 91.9 cm³/mol. The van der Waals surface area contributed by atoms with Crippen molar-refractivity contribution in [2.75, 3.05) is 0 Å². The predicted octanol–water partition coefficient (Wildman–Crippen LogP) is 5.81. The Bertz CT molecular complexity index is 842. The molecule has 5 heteroatoms. The average molecular weight is 334 g/mol. The minimum Gasteiger partial charge on any atom is -0.443 e. The van der Waals surface area contributed by atoms with Crippen molar-refractivity contribution in [1.82, 2.24) is 4.57 Å². The van der Waals surface area contributed by atoms with Crippen LogP contribution in [0.4, 0.5) is 4.79 Å². The molecule has 0 aliphatic heterocycles. The maximum atomic E-state index is 12.5. The second-order valence-corrected chi connectivity index (χ2v) is 7.54. The molecule has 0 aliphatic carbocycles. The molecule has 3 rings (SSSR count).